The number of ether oxygens (including phenoxy) is 1. The van der Waals surface area contributed by atoms with E-state index < -0.39 is 23.3 Å². The van der Waals surface area contributed by atoms with Crippen LogP contribution in [0.1, 0.15) is 52.0 Å². The van der Waals surface area contributed by atoms with E-state index in [4.69, 9.17) is 4.74 Å². The van der Waals surface area contributed by atoms with Crippen LogP contribution in [0, 0.1) is 17.6 Å². The van der Waals surface area contributed by atoms with Crippen molar-refractivity contribution < 1.29 is 32.6 Å². The smallest absolute Gasteiger partial charge is 0.319 e. The summed E-state index contributed by atoms with van der Waals surface area (Å²) in [6, 6.07) is 5.61. The lowest BCUT2D eigenvalue weighted by Gasteiger charge is -2.31. The Hall–Kier alpha value is -4.52. The highest BCUT2D eigenvalue weighted by Crippen LogP contribution is 2.42. The summed E-state index contributed by atoms with van der Waals surface area (Å²) in [4.78, 5) is 42.9. The first-order valence-corrected chi connectivity index (χ1v) is 16.6. The van der Waals surface area contributed by atoms with E-state index >= 15 is 4.39 Å². The molecule has 2 aliphatic heterocycles. The van der Waals surface area contributed by atoms with Crippen LogP contribution < -0.4 is 9.64 Å². The third-order valence-corrected chi connectivity index (χ3v) is 9.95. The van der Waals surface area contributed by atoms with Crippen molar-refractivity contribution in [1.29, 1.82) is 0 Å². The summed E-state index contributed by atoms with van der Waals surface area (Å²) >= 11 is 0. The van der Waals surface area contributed by atoms with E-state index in [1.807, 2.05) is 6.92 Å². The molecule has 10 nitrogen and oxygen atoms in total. The number of halogens is 3. The number of rotatable bonds is 10. The minimum Gasteiger partial charge on any atom is -0.508 e. The number of amides is 2. The Bertz CT molecular complexity index is 1940. The Morgan fingerprint density at radius 1 is 1.20 bits per heavy atom. The first-order chi connectivity index (χ1) is 23.3. The third-order valence-electron chi connectivity index (χ3n) is 9.95. The monoisotopic (exact) mass is 678 g/mol. The zero-order chi connectivity index (χ0) is 35.2. The molecule has 2 aliphatic rings. The van der Waals surface area contributed by atoms with Crippen molar-refractivity contribution in [2.24, 2.45) is 5.92 Å². The van der Waals surface area contributed by atoms with Crippen LogP contribution in [0.5, 0.6) is 11.8 Å². The summed E-state index contributed by atoms with van der Waals surface area (Å²) in [5.74, 6) is -2.00. The highest BCUT2D eigenvalue weighted by atomic mass is 19.1. The SMILES string of the molecule is CCc1c(F)ccc2cc(O)cc(-c3ncc4c(N(C)CC(C)CC(=O)N(C)C(C)=O)nc(OC[C@@]56CCCN5C[C@H](F)C6)nc4c3F)c12. The van der Waals surface area contributed by atoms with Gasteiger partial charge < -0.3 is 14.7 Å². The molecule has 0 bridgehead atoms. The minimum atomic E-state index is -0.963. The standard InChI is InChI=1S/C36H41F3N6O4/c1-6-25-28(38)9-8-22-13-24(47)14-26(30(22)25)32-31(39)33-27(16-40-32)34(43(4)17-20(2)12-29(48)44(5)21(3)46)42-35(41-33)49-19-36-10-7-11-45(36)18-23(37)15-36/h8-9,13-14,16,20,23,47H,6-7,10-12,15,17-19H2,1-5H3/t20?,23-,36+/m1/s1. The topological polar surface area (TPSA) is 112 Å². The molecule has 6 rings (SSSR count). The summed E-state index contributed by atoms with van der Waals surface area (Å²) in [5, 5.41) is 11.8. The van der Waals surface area contributed by atoms with E-state index in [9.17, 15) is 23.5 Å². The van der Waals surface area contributed by atoms with E-state index in [1.165, 1.54) is 44.4 Å². The normalized spacial score (nSPS) is 19.7. The molecular formula is C36H41F3N6O4. The lowest BCUT2D eigenvalue weighted by atomic mass is 9.94. The molecular weight excluding hydrogens is 637 g/mol. The van der Waals surface area contributed by atoms with Crippen molar-refractivity contribution in [2.75, 3.05) is 45.2 Å². The predicted molar refractivity (Wildman–Crippen MR) is 180 cm³/mol. The summed E-state index contributed by atoms with van der Waals surface area (Å²) in [5.41, 5.74) is -0.148. The van der Waals surface area contributed by atoms with Crippen LogP contribution in [0.3, 0.4) is 0 Å². The van der Waals surface area contributed by atoms with E-state index in [2.05, 4.69) is 19.9 Å². The Kier molecular flexibility index (Phi) is 9.40. The number of benzene rings is 2. The largest absolute Gasteiger partial charge is 0.508 e. The van der Waals surface area contributed by atoms with Gasteiger partial charge in [-0.3, -0.25) is 24.4 Å². The summed E-state index contributed by atoms with van der Waals surface area (Å²) in [7, 11) is 3.18. The third kappa shape index (κ3) is 6.48. The maximum atomic E-state index is 16.8. The van der Waals surface area contributed by atoms with Crippen LogP contribution >= 0.6 is 0 Å². The van der Waals surface area contributed by atoms with E-state index in [0.29, 0.717) is 48.1 Å². The van der Waals surface area contributed by atoms with Crippen LogP contribution in [-0.4, -0.2) is 93.7 Å². The number of anilines is 1. The lowest BCUT2D eigenvalue weighted by molar-refractivity contribution is -0.142. The molecule has 2 amide bonds. The van der Waals surface area contributed by atoms with Crippen LogP contribution in [0.25, 0.3) is 32.9 Å². The van der Waals surface area contributed by atoms with Crippen molar-refractivity contribution in [3.63, 3.8) is 0 Å². The summed E-state index contributed by atoms with van der Waals surface area (Å²) in [6.07, 6.45) is 2.90. The fraction of sp³-hybridized carbons (Fsp3) is 0.472. The predicted octanol–water partition coefficient (Wildman–Crippen LogP) is 5.81. The molecule has 2 aromatic heterocycles. The molecule has 0 spiro atoms. The van der Waals surface area contributed by atoms with Crippen molar-refractivity contribution in [3.05, 3.63) is 47.7 Å². The molecule has 260 valence electrons. The molecule has 1 unspecified atom stereocenters. The molecule has 4 aromatic rings. The number of nitrogens with zero attached hydrogens (tertiary/aromatic N) is 6. The van der Waals surface area contributed by atoms with Gasteiger partial charge in [0.25, 0.3) is 0 Å². The molecule has 1 N–H and O–H groups in total. The molecule has 13 heteroatoms. The van der Waals surface area contributed by atoms with Crippen LogP contribution in [-0.2, 0) is 16.0 Å². The van der Waals surface area contributed by atoms with Gasteiger partial charge in [0.05, 0.1) is 10.9 Å². The van der Waals surface area contributed by atoms with E-state index in [1.54, 1.807) is 18.9 Å². The first-order valence-electron chi connectivity index (χ1n) is 16.6. The summed E-state index contributed by atoms with van der Waals surface area (Å²) in [6.45, 7) is 6.52. The first kappa shape index (κ1) is 34.3. The number of carbonyl (C=O) groups is 2. The van der Waals surface area contributed by atoms with Gasteiger partial charge >= 0.3 is 6.01 Å². The highest BCUT2D eigenvalue weighted by molar-refractivity contribution is 6.01. The quantitative estimate of drug-likeness (QED) is 0.222. The molecule has 4 heterocycles. The molecule has 2 saturated heterocycles. The number of fused-ring (bicyclic) bond motifs is 3. The zero-order valence-corrected chi connectivity index (χ0v) is 28.4. The second-order valence-corrected chi connectivity index (χ2v) is 13.5. The van der Waals surface area contributed by atoms with Gasteiger partial charge in [-0.05, 0) is 66.3 Å². The Morgan fingerprint density at radius 3 is 2.71 bits per heavy atom. The van der Waals surface area contributed by atoms with Crippen molar-refractivity contribution >= 4 is 39.3 Å². The fourth-order valence-corrected chi connectivity index (χ4v) is 7.47. The van der Waals surface area contributed by atoms with E-state index in [-0.39, 0.29) is 64.7 Å². The van der Waals surface area contributed by atoms with Gasteiger partial charge in [0.2, 0.25) is 11.8 Å². The molecule has 2 fully saturated rings. The number of aromatic hydroxyl groups is 1. The number of phenolic OH excluding ortho intramolecular Hbond substituents is 1. The van der Waals surface area contributed by atoms with Gasteiger partial charge in [-0.2, -0.15) is 9.97 Å². The van der Waals surface area contributed by atoms with Gasteiger partial charge in [-0.25, -0.2) is 13.2 Å². The maximum absolute atomic E-state index is 16.8. The number of carbonyl (C=O) groups excluding carboxylic acids is 2. The van der Waals surface area contributed by atoms with Crippen molar-refractivity contribution in [1.82, 2.24) is 24.8 Å². The average molecular weight is 679 g/mol. The van der Waals surface area contributed by atoms with Gasteiger partial charge in [0.1, 0.15) is 41.4 Å². The number of hydrogen-bond donors (Lipinski definition) is 1. The van der Waals surface area contributed by atoms with Crippen molar-refractivity contribution in [2.45, 2.75) is 64.6 Å². The molecule has 49 heavy (non-hydrogen) atoms. The zero-order valence-electron chi connectivity index (χ0n) is 28.4. The fourth-order valence-electron chi connectivity index (χ4n) is 7.47. The Labute approximate surface area is 282 Å². The molecule has 0 saturated carbocycles. The number of imide groups is 1. The van der Waals surface area contributed by atoms with Gasteiger partial charge in [0, 0.05) is 58.7 Å². The Balaban J connectivity index is 1.44. The summed E-state index contributed by atoms with van der Waals surface area (Å²) < 4.78 is 52.5. The van der Waals surface area contributed by atoms with Gasteiger partial charge in [0.15, 0.2) is 5.82 Å². The molecule has 0 radical (unpaired) electrons. The Morgan fingerprint density at radius 2 is 1.98 bits per heavy atom. The number of aryl methyl sites for hydroxylation is 1. The molecule has 2 aromatic carbocycles. The lowest BCUT2D eigenvalue weighted by Crippen LogP contribution is -2.43. The second kappa shape index (κ2) is 13.4. The minimum absolute atomic E-state index is 0.0905. The van der Waals surface area contributed by atoms with Gasteiger partial charge in [-0.1, -0.05) is 19.9 Å². The highest BCUT2D eigenvalue weighted by Gasteiger charge is 2.49. The number of hydrogen-bond acceptors (Lipinski definition) is 9. The van der Waals surface area contributed by atoms with Crippen molar-refractivity contribution in [3.8, 4) is 23.0 Å². The molecule has 3 atom stereocenters. The number of alkyl halides is 1. The van der Waals surface area contributed by atoms with Crippen LogP contribution in [0.2, 0.25) is 0 Å². The second-order valence-electron chi connectivity index (χ2n) is 13.5. The molecule has 0 aliphatic carbocycles. The number of phenols is 1. The maximum Gasteiger partial charge on any atom is 0.319 e. The number of pyridine rings is 1. The average Bonchev–Trinajstić information content (AvgIpc) is 3.58. The van der Waals surface area contributed by atoms with E-state index in [0.717, 1.165) is 24.3 Å². The number of aromatic nitrogens is 3. The van der Waals surface area contributed by atoms with Gasteiger partial charge in [-0.15, -0.1) is 0 Å². The van der Waals surface area contributed by atoms with Crippen LogP contribution in [0.15, 0.2) is 30.5 Å². The van der Waals surface area contributed by atoms with Crippen LogP contribution in [0.4, 0.5) is 19.0 Å².